The van der Waals surface area contributed by atoms with E-state index in [2.05, 4.69) is 5.32 Å². The van der Waals surface area contributed by atoms with Crippen LogP contribution < -0.4 is 5.32 Å². The third-order valence-corrected chi connectivity index (χ3v) is 7.47. The monoisotopic (exact) mass is 420 g/mol. The Labute approximate surface area is 170 Å². The third-order valence-electron chi connectivity index (χ3n) is 4.55. The summed E-state index contributed by atoms with van der Waals surface area (Å²) in [5.74, 6) is 0.226. The highest BCUT2D eigenvalue weighted by molar-refractivity contribution is 8.00. The first-order chi connectivity index (χ1) is 13.4. The molecule has 0 aliphatic carbocycles. The van der Waals surface area contributed by atoms with Crippen molar-refractivity contribution in [2.24, 2.45) is 0 Å². The molecule has 150 valence electrons. The maximum atomic E-state index is 12.8. The van der Waals surface area contributed by atoms with E-state index in [4.69, 9.17) is 0 Å². The Bertz CT molecular complexity index is 889. The Hall–Kier alpha value is -2.03. The molecule has 0 unspecified atom stereocenters. The van der Waals surface area contributed by atoms with E-state index in [1.807, 2.05) is 0 Å². The summed E-state index contributed by atoms with van der Waals surface area (Å²) in [6, 6.07) is 13.0. The molecule has 1 heterocycles. The molecule has 3 rings (SSSR count). The lowest BCUT2D eigenvalue weighted by Crippen LogP contribution is -2.31. The molecule has 2 N–H and O–H groups in total. The van der Waals surface area contributed by atoms with Gasteiger partial charge in [0, 0.05) is 23.7 Å². The number of anilines is 1. The van der Waals surface area contributed by atoms with E-state index in [9.17, 15) is 18.3 Å². The highest BCUT2D eigenvalue weighted by atomic mass is 32.2. The van der Waals surface area contributed by atoms with Gasteiger partial charge in [-0.2, -0.15) is 4.31 Å². The average Bonchev–Trinajstić information content (AvgIpc) is 2.98. The van der Waals surface area contributed by atoms with E-state index in [1.165, 1.54) is 11.8 Å². The molecule has 0 bridgehead atoms. The quantitative estimate of drug-likeness (QED) is 0.696. The fourth-order valence-corrected chi connectivity index (χ4v) is 5.25. The molecule has 1 aliphatic heterocycles. The number of nitrogens with zero attached hydrogens (tertiary/aromatic N) is 1. The number of nitrogens with one attached hydrogen (secondary N) is 1. The van der Waals surface area contributed by atoms with Crippen LogP contribution in [0, 0.1) is 0 Å². The van der Waals surface area contributed by atoms with Crippen LogP contribution in [0.5, 0.6) is 5.75 Å². The molecule has 28 heavy (non-hydrogen) atoms. The molecule has 2 aromatic carbocycles. The van der Waals surface area contributed by atoms with Crippen LogP contribution in [0.15, 0.2) is 58.3 Å². The van der Waals surface area contributed by atoms with Crippen molar-refractivity contribution in [2.45, 2.75) is 35.5 Å². The molecule has 1 saturated heterocycles. The van der Waals surface area contributed by atoms with Crippen molar-refractivity contribution in [3.8, 4) is 5.75 Å². The van der Waals surface area contributed by atoms with E-state index in [1.54, 1.807) is 52.8 Å². The van der Waals surface area contributed by atoms with Crippen molar-refractivity contribution in [3.05, 3.63) is 48.5 Å². The first-order valence-electron chi connectivity index (χ1n) is 9.27. The number of phenolic OH excluding ortho intramolecular Hbond substituents is 1. The lowest BCUT2D eigenvalue weighted by atomic mass is 10.2. The Morgan fingerprint density at radius 2 is 1.57 bits per heavy atom. The lowest BCUT2D eigenvalue weighted by Gasteiger charge is -2.20. The van der Waals surface area contributed by atoms with Gasteiger partial charge < -0.3 is 10.4 Å². The summed E-state index contributed by atoms with van der Waals surface area (Å²) in [5, 5.41) is 12.0. The van der Waals surface area contributed by atoms with E-state index in [0.717, 1.165) is 30.6 Å². The summed E-state index contributed by atoms with van der Waals surface area (Å²) in [6.07, 6.45) is 3.93. The molecule has 0 atom stereocenters. The Kier molecular flexibility index (Phi) is 6.98. The predicted octanol–water partition coefficient (Wildman–Crippen LogP) is 3.69. The molecule has 8 heteroatoms. The van der Waals surface area contributed by atoms with Crippen LogP contribution in [0.1, 0.15) is 25.7 Å². The molecular weight excluding hydrogens is 396 g/mol. The predicted molar refractivity (Wildman–Crippen MR) is 111 cm³/mol. The standard InChI is InChI=1S/C20H24N2O4S2/c23-17-7-9-18(10-8-17)27-15-20(24)21-16-5-11-19(12-6-16)28(25,26)22-13-3-1-2-4-14-22/h5-12,23H,1-4,13-15H2,(H,21,24). The van der Waals surface area contributed by atoms with Gasteiger partial charge in [0.1, 0.15) is 5.75 Å². The summed E-state index contributed by atoms with van der Waals surface area (Å²) < 4.78 is 27.1. The van der Waals surface area contributed by atoms with Crippen molar-refractivity contribution >= 4 is 33.4 Å². The Morgan fingerprint density at radius 3 is 2.18 bits per heavy atom. The van der Waals surface area contributed by atoms with Crippen molar-refractivity contribution in [1.29, 1.82) is 0 Å². The van der Waals surface area contributed by atoms with Crippen LogP contribution in [0.3, 0.4) is 0 Å². The average molecular weight is 421 g/mol. The zero-order valence-electron chi connectivity index (χ0n) is 15.5. The van der Waals surface area contributed by atoms with Crippen LogP contribution in [-0.4, -0.2) is 42.6 Å². The SMILES string of the molecule is O=C(CSc1ccc(O)cc1)Nc1ccc(S(=O)(=O)N2CCCCCC2)cc1. The number of rotatable bonds is 6. The minimum absolute atomic E-state index is 0.179. The first kappa shape index (κ1) is 20.7. The third kappa shape index (κ3) is 5.50. The van der Waals surface area contributed by atoms with Crippen molar-refractivity contribution in [3.63, 3.8) is 0 Å². The highest BCUT2D eigenvalue weighted by Crippen LogP contribution is 2.23. The zero-order chi connectivity index (χ0) is 20.0. The number of sulfonamides is 1. The van der Waals surface area contributed by atoms with Crippen molar-refractivity contribution < 1.29 is 18.3 Å². The molecule has 0 aromatic heterocycles. The van der Waals surface area contributed by atoms with E-state index in [0.29, 0.717) is 18.8 Å². The van der Waals surface area contributed by atoms with Gasteiger partial charge >= 0.3 is 0 Å². The molecule has 6 nitrogen and oxygen atoms in total. The minimum atomic E-state index is -3.48. The minimum Gasteiger partial charge on any atom is -0.508 e. The molecule has 1 aliphatic rings. The summed E-state index contributed by atoms with van der Waals surface area (Å²) in [7, 11) is -3.48. The summed E-state index contributed by atoms with van der Waals surface area (Å²) in [5.41, 5.74) is 0.561. The number of carbonyl (C=O) groups excluding carboxylic acids is 1. The van der Waals surface area contributed by atoms with E-state index in [-0.39, 0.29) is 22.3 Å². The Balaban J connectivity index is 1.57. The topological polar surface area (TPSA) is 86.7 Å². The zero-order valence-corrected chi connectivity index (χ0v) is 17.1. The number of phenols is 1. The van der Waals surface area contributed by atoms with Crippen molar-refractivity contribution in [1.82, 2.24) is 4.31 Å². The van der Waals surface area contributed by atoms with Gasteiger partial charge in [-0.05, 0) is 61.4 Å². The smallest absolute Gasteiger partial charge is 0.243 e. The molecule has 0 radical (unpaired) electrons. The maximum absolute atomic E-state index is 12.8. The van der Waals surface area contributed by atoms with Crippen LogP contribution in [0.2, 0.25) is 0 Å². The van der Waals surface area contributed by atoms with Gasteiger partial charge in [0.05, 0.1) is 10.6 Å². The first-order valence-corrected chi connectivity index (χ1v) is 11.7. The van der Waals surface area contributed by atoms with Gasteiger partial charge in [-0.25, -0.2) is 8.42 Å². The number of aromatic hydroxyl groups is 1. The summed E-state index contributed by atoms with van der Waals surface area (Å²) in [6.45, 7) is 1.13. The van der Waals surface area contributed by atoms with Crippen LogP contribution >= 0.6 is 11.8 Å². The van der Waals surface area contributed by atoms with E-state index < -0.39 is 10.0 Å². The normalized spacial score (nSPS) is 15.7. The number of hydrogen-bond donors (Lipinski definition) is 2. The second-order valence-electron chi connectivity index (χ2n) is 6.67. The van der Waals surface area contributed by atoms with Gasteiger partial charge in [-0.3, -0.25) is 4.79 Å². The number of thioether (sulfide) groups is 1. The fraction of sp³-hybridized carbons (Fsp3) is 0.350. The van der Waals surface area contributed by atoms with Gasteiger partial charge in [0.15, 0.2) is 0 Å². The fourth-order valence-electron chi connectivity index (χ4n) is 3.03. The van der Waals surface area contributed by atoms with Gasteiger partial charge in [-0.1, -0.05) is 12.8 Å². The van der Waals surface area contributed by atoms with Gasteiger partial charge in [0.2, 0.25) is 15.9 Å². The molecule has 2 aromatic rings. The summed E-state index contributed by atoms with van der Waals surface area (Å²) in [4.78, 5) is 13.2. The van der Waals surface area contributed by atoms with Crippen LogP contribution in [0.25, 0.3) is 0 Å². The van der Waals surface area contributed by atoms with Gasteiger partial charge in [-0.15, -0.1) is 11.8 Å². The number of carbonyl (C=O) groups is 1. The van der Waals surface area contributed by atoms with Crippen LogP contribution in [-0.2, 0) is 14.8 Å². The summed E-state index contributed by atoms with van der Waals surface area (Å²) >= 11 is 1.36. The molecular formula is C20H24N2O4S2. The molecule has 1 fully saturated rings. The number of amides is 1. The van der Waals surface area contributed by atoms with E-state index >= 15 is 0 Å². The number of benzene rings is 2. The number of hydrogen-bond acceptors (Lipinski definition) is 5. The molecule has 1 amide bonds. The molecule has 0 spiro atoms. The second kappa shape index (κ2) is 9.45. The van der Waals surface area contributed by atoms with Crippen LogP contribution in [0.4, 0.5) is 5.69 Å². The second-order valence-corrected chi connectivity index (χ2v) is 9.66. The van der Waals surface area contributed by atoms with Crippen molar-refractivity contribution in [2.75, 3.05) is 24.2 Å². The maximum Gasteiger partial charge on any atom is 0.243 e. The largest absolute Gasteiger partial charge is 0.508 e. The molecule has 0 saturated carbocycles. The van der Waals surface area contributed by atoms with Gasteiger partial charge in [0.25, 0.3) is 0 Å². The Morgan fingerprint density at radius 1 is 0.964 bits per heavy atom. The lowest BCUT2D eigenvalue weighted by molar-refractivity contribution is -0.113. The highest BCUT2D eigenvalue weighted by Gasteiger charge is 2.24.